The minimum absolute atomic E-state index is 0.0960. The smallest absolute Gasteiger partial charge is 0.256 e. The predicted molar refractivity (Wildman–Crippen MR) is 93.4 cm³/mol. The molecule has 2 aromatic rings. The monoisotopic (exact) mass is 442 g/mol. The third-order valence-corrected chi connectivity index (χ3v) is 4.61. The molecule has 3 rings (SSSR count). The number of fused-ring (bicyclic) bond motifs is 1. The van der Waals surface area contributed by atoms with E-state index in [-0.39, 0.29) is 5.91 Å². The van der Waals surface area contributed by atoms with Gasteiger partial charge in [0.25, 0.3) is 5.91 Å². The van der Waals surface area contributed by atoms with Crippen molar-refractivity contribution in [1.29, 1.82) is 0 Å². The molecule has 5 heteroatoms. The SMILES string of the molecule is O=C(Nc1ccc2c(c1)CCN2)c1cc(I)ccc1Br. The van der Waals surface area contributed by atoms with Gasteiger partial charge in [0.05, 0.1) is 5.56 Å². The van der Waals surface area contributed by atoms with Crippen molar-refractivity contribution in [1.82, 2.24) is 0 Å². The van der Waals surface area contributed by atoms with E-state index in [0.717, 1.165) is 26.7 Å². The number of hydrogen-bond donors (Lipinski definition) is 2. The number of benzene rings is 2. The second-order valence-electron chi connectivity index (χ2n) is 4.63. The summed E-state index contributed by atoms with van der Waals surface area (Å²) < 4.78 is 1.84. The summed E-state index contributed by atoms with van der Waals surface area (Å²) in [6.07, 6.45) is 1.01. The van der Waals surface area contributed by atoms with Gasteiger partial charge in [-0.25, -0.2) is 0 Å². The molecule has 0 saturated heterocycles. The fourth-order valence-electron chi connectivity index (χ4n) is 2.25. The number of amides is 1. The number of halogens is 2. The van der Waals surface area contributed by atoms with E-state index in [1.54, 1.807) is 0 Å². The number of carbonyl (C=O) groups excluding carboxylic acids is 1. The van der Waals surface area contributed by atoms with Crippen LogP contribution in [0, 0.1) is 3.57 Å². The Morgan fingerprint density at radius 2 is 2.10 bits per heavy atom. The largest absolute Gasteiger partial charge is 0.384 e. The van der Waals surface area contributed by atoms with E-state index in [4.69, 9.17) is 0 Å². The highest BCUT2D eigenvalue weighted by atomic mass is 127. The lowest BCUT2D eigenvalue weighted by Crippen LogP contribution is -2.13. The highest BCUT2D eigenvalue weighted by Crippen LogP contribution is 2.26. The zero-order valence-corrected chi connectivity index (χ0v) is 14.3. The Hall–Kier alpha value is -1.08. The van der Waals surface area contributed by atoms with Gasteiger partial charge in [0.2, 0.25) is 0 Å². The van der Waals surface area contributed by atoms with E-state index in [1.165, 1.54) is 11.3 Å². The molecule has 1 amide bonds. The first kappa shape index (κ1) is 13.9. The van der Waals surface area contributed by atoms with Gasteiger partial charge < -0.3 is 10.6 Å². The molecule has 0 aromatic heterocycles. The first-order chi connectivity index (χ1) is 9.63. The lowest BCUT2D eigenvalue weighted by Gasteiger charge is -2.09. The topological polar surface area (TPSA) is 41.1 Å². The summed E-state index contributed by atoms with van der Waals surface area (Å²) in [6.45, 7) is 0.967. The van der Waals surface area contributed by atoms with Crippen LogP contribution >= 0.6 is 38.5 Å². The first-order valence-corrected chi connectivity index (χ1v) is 8.14. The zero-order chi connectivity index (χ0) is 14.1. The van der Waals surface area contributed by atoms with Crippen LogP contribution in [0.4, 0.5) is 11.4 Å². The maximum absolute atomic E-state index is 12.3. The number of rotatable bonds is 2. The summed E-state index contributed by atoms with van der Waals surface area (Å²) in [4.78, 5) is 12.3. The molecule has 0 bridgehead atoms. The fraction of sp³-hybridized carbons (Fsp3) is 0.133. The molecule has 2 aromatic carbocycles. The fourth-order valence-corrected chi connectivity index (χ4v) is 3.17. The lowest BCUT2D eigenvalue weighted by atomic mass is 10.1. The van der Waals surface area contributed by atoms with Gasteiger partial charge in [-0.1, -0.05) is 0 Å². The van der Waals surface area contributed by atoms with Crippen LogP contribution in [0.5, 0.6) is 0 Å². The molecule has 0 radical (unpaired) electrons. The normalized spacial score (nSPS) is 12.7. The Morgan fingerprint density at radius 3 is 2.95 bits per heavy atom. The Balaban J connectivity index is 1.84. The molecular formula is C15H12BrIN2O. The Morgan fingerprint density at radius 1 is 1.25 bits per heavy atom. The highest BCUT2D eigenvalue weighted by Gasteiger charge is 2.13. The maximum atomic E-state index is 12.3. The average molecular weight is 443 g/mol. The van der Waals surface area contributed by atoms with Crippen molar-refractivity contribution in [3.05, 3.63) is 55.6 Å². The van der Waals surface area contributed by atoms with Gasteiger partial charge >= 0.3 is 0 Å². The van der Waals surface area contributed by atoms with E-state index < -0.39 is 0 Å². The number of carbonyl (C=O) groups is 1. The van der Waals surface area contributed by atoms with Crippen molar-refractivity contribution in [3.63, 3.8) is 0 Å². The van der Waals surface area contributed by atoms with Crippen molar-refractivity contribution in [2.45, 2.75) is 6.42 Å². The van der Waals surface area contributed by atoms with Crippen molar-refractivity contribution >= 4 is 55.8 Å². The summed E-state index contributed by atoms with van der Waals surface area (Å²) in [5.74, 6) is -0.0960. The Labute approximate surface area is 139 Å². The van der Waals surface area contributed by atoms with Gasteiger partial charge in [-0.2, -0.15) is 0 Å². The van der Waals surface area contributed by atoms with Crippen LogP contribution in [0.25, 0.3) is 0 Å². The molecule has 0 spiro atoms. The summed E-state index contributed by atoms with van der Waals surface area (Å²) in [7, 11) is 0. The van der Waals surface area contributed by atoms with E-state index in [0.29, 0.717) is 5.56 Å². The maximum Gasteiger partial charge on any atom is 0.256 e. The van der Waals surface area contributed by atoms with Crippen LogP contribution in [0.1, 0.15) is 15.9 Å². The van der Waals surface area contributed by atoms with Gasteiger partial charge in [-0.3, -0.25) is 4.79 Å². The van der Waals surface area contributed by atoms with Crippen molar-refractivity contribution in [2.24, 2.45) is 0 Å². The molecule has 0 fully saturated rings. The zero-order valence-electron chi connectivity index (χ0n) is 10.5. The third kappa shape index (κ3) is 2.83. The van der Waals surface area contributed by atoms with Crippen molar-refractivity contribution in [3.8, 4) is 0 Å². The van der Waals surface area contributed by atoms with E-state index in [9.17, 15) is 4.79 Å². The highest BCUT2D eigenvalue weighted by molar-refractivity contribution is 14.1. The summed E-state index contributed by atoms with van der Waals surface area (Å²) in [5, 5.41) is 6.26. The quantitative estimate of drug-likeness (QED) is 0.681. The molecule has 102 valence electrons. The number of hydrogen-bond acceptors (Lipinski definition) is 2. The Kier molecular flexibility index (Phi) is 3.98. The van der Waals surface area contributed by atoms with Crippen LogP contribution in [0.3, 0.4) is 0 Å². The molecule has 0 aliphatic carbocycles. The van der Waals surface area contributed by atoms with Crippen LogP contribution in [0.15, 0.2) is 40.9 Å². The molecular weight excluding hydrogens is 431 g/mol. The van der Waals surface area contributed by atoms with Crippen LogP contribution in [-0.2, 0) is 6.42 Å². The third-order valence-electron chi connectivity index (χ3n) is 3.25. The minimum Gasteiger partial charge on any atom is -0.384 e. The van der Waals surface area contributed by atoms with Gasteiger partial charge in [0.15, 0.2) is 0 Å². The molecule has 20 heavy (non-hydrogen) atoms. The lowest BCUT2D eigenvalue weighted by molar-refractivity contribution is 0.102. The van der Waals surface area contributed by atoms with Crippen molar-refractivity contribution < 1.29 is 4.79 Å². The van der Waals surface area contributed by atoms with Crippen LogP contribution in [0.2, 0.25) is 0 Å². The Bertz CT molecular complexity index is 688. The minimum atomic E-state index is -0.0960. The number of nitrogens with one attached hydrogen (secondary N) is 2. The predicted octanol–water partition coefficient (Wildman–Crippen LogP) is 4.27. The molecule has 0 atom stereocenters. The van der Waals surface area contributed by atoms with Gasteiger partial charge in [-0.15, -0.1) is 0 Å². The number of anilines is 2. The summed E-state index contributed by atoms with van der Waals surface area (Å²) in [5.41, 5.74) is 3.90. The standard InChI is InChI=1S/C15H12BrIN2O/c16-13-3-1-10(17)8-12(13)15(20)19-11-2-4-14-9(7-11)5-6-18-14/h1-4,7-8,18H,5-6H2,(H,19,20). The van der Waals surface area contributed by atoms with Gasteiger partial charge in [0.1, 0.15) is 0 Å². The van der Waals surface area contributed by atoms with Crippen molar-refractivity contribution in [2.75, 3.05) is 17.2 Å². The van der Waals surface area contributed by atoms with E-state index in [1.807, 2.05) is 36.4 Å². The molecule has 1 aliphatic rings. The summed E-state index contributed by atoms with van der Waals surface area (Å²) >= 11 is 5.62. The molecule has 1 heterocycles. The first-order valence-electron chi connectivity index (χ1n) is 6.27. The second-order valence-corrected chi connectivity index (χ2v) is 6.73. The molecule has 3 nitrogen and oxygen atoms in total. The van der Waals surface area contributed by atoms with Gasteiger partial charge in [-0.05, 0) is 86.9 Å². The average Bonchev–Trinajstić information content (AvgIpc) is 2.89. The van der Waals surface area contributed by atoms with E-state index >= 15 is 0 Å². The van der Waals surface area contributed by atoms with Crippen LogP contribution in [-0.4, -0.2) is 12.5 Å². The van der Waals surface area contributed by atoms with E-state index in [2.05, 4.69) is 49.2 Å². The molecule has 0 saturated carbocycles. The molecule has 2 N–H and O–H groups in total. The summed E-state index contributed by atoms with van der Waals surface area (Å²) in [6, 6.07) is 11.7. The molecule has 1 aliphatic heterocycles. The van der Waals surface area contributed by atoms with Crippen LogP contribution < -0.4 is 10.6 Å². The molecule has 0 unspecified atom stereocenters. The van der Waals surface area contributed by atoms with Gasteiger partial charge in [0, 0.05) is 26.0 Å². The second kappa shape index (κ2) is 5.73.